The highest BCUT2D eigenvalue weighted by Gasteiger charge is 2.11. The molecular formula is C38H57ClN4O3S. The van der Waals surface area contributed by atoms with Gasteiger partial charge in [-0.1, -0.05) is 100 Å². The second kappa shape index (κ2) is 23.4. The molecule has 1 atom stereocenters. The van der Waals surface area contributed by atoms with Crippen LogP contribution in [0.1, 0.15) is 115 Å². The zero-order valence-electron chi connectivity index (χ0n) is 29.1. The Morgan fingerprint density at radius 3 is 2.09 bits per heavy atom. The number of hydrogen-bond donors (Lipinski definition) is 0. The van der Waals surface area contributed by atoms with Gasteiger partial charge < -0.3 is 9.12 Å². The first-order chi connectivity index (χ1) is 22.6. The van der Waals surface area contributed by atoms with E-state index in [1.165, 1.54) is 94.7 Å². The molecule has 0 fully saturated rings. The number of rotatable bonds is 18. The number of aryl methyl sites for hydroxylation is 4. The van der Waals surface area contributed by atoms with E-state index in [-0.39, 0.29) is 4.90 Å². The van der Waals surface area contributed by atoms with E-state index in [1.807, 2.05) is 37.8 Å². The summed E-state index contributed by atoms with van der Waals surface area (Å²) in [6.45, 7) is 10.9. The topological polar surface area (TPSA) is 83.8 Å². The molecule has 0 aliphatic rings. The minimum Gasteiger partial charge on any atom is -0.744 e. The standard InChI is InChI=1S/C21H32ClN2.C10H18N2.C7H8O3S/c1-3-4-5-6-7-15-23-16-17-24(18-23)19(2)9-8-10-20-11-13-21(22)14-12-20;1-2-3-4-5-6-8-12-9-7-11-10-12;1-6-2-4-7(5-3-6)11(8,9)10/h11-14,16-19H,3-10,15H2,1-2H3;7,9-10H,2-6,8H2,1H3;2-5H,1H3,(H,8,9,10)/q+1;;/p-1. The Hall–Kier alpha value is -2.94. The number of aromatic nitrogens is 4. The normalized spacial score (nSPS) is 11.7. The Labute approximate surface area is 289 Å². The second-order valence-corrected chi connectivity index (χ2v) is 14.2. The zero-order chi connectivity index (χ0) is 34.3. The Bertz CT molecular complexity index is 1440. The maximum atomic E-state index is 10.4. The van der Waals surface area contributed by atoms with Crippen molar-refractivity contribution in [3.63, 3.8) is 0 Å². The molecule has 47 heavy (non-hydrogen) atoms. The van der Waals surface area contributed by atoms with Crippen LogP contribution in [0.25, 0.3) is 0 Å². The fraction of sp³-hybridized carbons (Fsp3) is 0.526. The van der Waals surface area contributed by atoms with Crippen LogP contribution in [-0.4, -0.2) is 27.1 Å². The van der Waals surface area contributed by atoms with Crippen molar-refractivity contribution in [2.75, 3.05) is 0 Å². The largest absolute Gasteiger partial charge is 0.744 e. The summed E-state index contributed by atoms with van der Waals surface area (Å²) in [6, 6.07) is 14.6. The molecule has 0 aliphatic heterocycles. The zero-order valence-corrected chi connectivity index (χ0v) is 30.6. The fourth-order valence-corrected chi connectivity index (χ4v) is 5.72. The highest BCUT2D eigenvalue weighted by molar-refractivity contribution is 7.85. The predicted octanol–water partition coefficient (Wildman–Crippen LogP) is 9.74. The Kier molecular flexibility index (Phi) is 20.0. The van der Waals surface area contributed by atoms with Crippen LogP contribution in [0.5, 0.6) is 0 Å². The van der Waals surface area contributed by atoms with Gasteiger partial charge in [0.05, 0.1) is 23.8 Å². The number of halogens is 1. The minimum atomic E-state index is -4.27. The molecule has 0 spiro atoms. The van der Waals surface area contributed by atoms with Crippen molar-refractivity contribution in [2.45, 2.75) is 135 Å². The molecule has 2 aromatic carbocycles. The summed E-state index contributed by atoms with van der Waals surface area (Å²) in [7, 11) is -4.27. The van der Waals surface area contributed by atoms with Crippen molar-refractivity contribution in [2.24, 2.45) is 0 Å². The molecule has 7 nitrogen and oxygen atoms in total. The van der Waals surface area contributed by atoms with Gasteiger partial charge in [0.25, 0.3) is 0 Å². The maximum absolute atomic E-state index is 10.4. The van der Waals surface area contributed by atoms with Gasteiger partial charge in [0.15, 0.2) is 0 Å². The maximum Gasteiger partial charge on any atom is 0.243 e. The molecule has 0 amide bonds. The number of benzene rings is 2. The highest BCUT2D eigenvalue weighted by Crippen LogP contribution is 2.16. The van der Waals surface area contributed by atoms with E-state index in [2.05, 4.69) is 70.3 Å². The van der Waals surface area contributed by atoms with Crippen molar-refractivity contribution in [3.8, 4) is 0 Å². The molecule has 0 saturated heterocycles. The SMILES string of the molecule is CCCCCCC[n+]1ccn(C(C)CCCc2ccc(Cl)cc2)c1.CCCCCCCn1ccnc1.Cc1ccc(S(=O)(=O)[O-])cc1. The van der Waals surface area contributed by atoms with E-state index >= 15 is 0 Å². The smallest absolute Gasteiger partial charge is 0.243 e. The van der Waals surface area contributed by atoms with Gasteiger partial charge in [-0.2, -0.15) is 0 Å². The van der Waals surface area contributed by atoms with Gasteiger partial charge in [0.1, 0.15) is 22.5 Å². The lowest BCUT2D eigenvalue weighted by atomic mass is 10.1. The molecule has 0 radical (unpaired) electrons. The molecule has 0 aliphatic carbocycles. The van der Waals surface area contributed by atoms with Gasteiger partial charge in [-0.25, -0.2) is 22.5 Å². The van der Waals surface area contributed by atoms with E-state index in [0.717, 1.165) is 30.1 Å². The lowest BCUT2D eigenvalue weighted by molar-refractivity contribution is -0.697. The molecule has 4 rings (SSSR count). The summed E-state index contributed by atoms with van der Waals surface area (Å²) in [4.78, 5) is 3.82. The van der Waals surface area contributed by atoms with E-state index in [1.54, 1.807) is 12.1 Å². The van der Waals surface area contributed by atoms with Gasteiger partial charge in [0, 0.05) is 24.0 Å². The van der Waals surface area contributed by atoms with Gasteiger partial charge in [-0.05, 0) is 82.2 Å². The Balaban J connectivity index is 0.000000278. The predicted molar refractivity (Wildman–Crippen MR) is 193 cm³/mol. The van der Waals surface area contributed by atoms with Crippen LogP contribution >= 0.6 is 11.6 Å². The minimum absolute atomic E-state index is 0.178. The van der Waals surface area contributed by atoms with Gasteiger partial charge in [0.2, 0.25) is 6.33 Å². The van der Waals surface area contributed by atoms with Gasteiger partial charge in [-0.3, -0.25) is 0 Å². The summed E-state index contributed by atoms with van der Waals surface area (Å²) >= 11 is 5.93. The van der Waals surface area contributed by atoms with Crippen molar-refractivity contribution < 1.29 is 17.5 Å². The molecule has 1 unspecified atom stereocenters. The number of nitrogens with zero attached hydrogens (tertiary/aromatic N) is 4. The van der Waals surface area contributed by atoms with Crippen LogP contribution in [0.2, 0.25) is 5.02 Å². The van der Waals surface area contributed by atoms with Crippen molar-refractivity contribution in [3.05, 3.63) is 102 Å². The van der Waals surface area contributed by atoms with Gasteiger partial charge in [-0.15, -0.1) is 0 Å². The summed E-state index contributed by atoms with van der Waals surface area (Å²) in [5.41, 5.74) is 2.30. The third-order valence-corrected chi connectivity index (χ3v) is 9.23. The first kappa shape index (κ1) is 40.2. The number of unbranched alkanes of at least 4 members (excludes halogenated alkanes) is 8. The van der Waals surface area contributed by atoms with Crippen LogP contribution in [0.4, 0.5) is 0 Å². The Morgan fingerprint density at radius 1 is 0.851 bits per heavy atom. The monoisotopic (exact) mass is 684 g/mol. The van der Waals surface area contributed by atoms with Crippen LogP contribution < -0.4 is 4.57 Å². The van der Waals surface area contributed by atoms with Crippen LogP contribution in [0, 0.1) is 6.92 Å². The van der Waals surface area contributed by atoms with E-state index in [9.17, 15) is 13.0 Å². The first-order valence-electron chi connectivity index (χ1n) is 17.4. The number of imidazole rings is 2. The molecule has 4 aromatic rings. The fourth-order valence-electron chi connectivity index (χ4n) is 5.13. The molecule has 0 saturated carbocycles. The molecule has 0 N–H and O–H groups in total. The third kappa shape index (κ3) is 18.3. The molecule has 260 valence electrons. The third-order valence-electron chi connectivity index (χ3n) is 8.13. The van der Waals surface area contributed by atoms with Crippen LogP contribution in [-0.2, 0) is 29.6 Å². The lowest BCUT2D eigenvalue weighted by Crippen LogP contribution is -2.31. The van der Waals surface area contributed by atoms with Crippen molar-refractivity contribution >= 4 is 21.7 Å². The summed E-state index contributed by atoms with van der Waals surface area (Å²) in [5, 5.41) is 0.818. The summed E-state index contributed by atoms with van der Waals surface area (Å²) in [6.07, 6.45) is 29.4. The van der Waals surface area contributed by atoms with Crippen LogP contribution in [0.15, 0.2) is 90.9 Å². The second-order valence-electron chi connectivity index (χ2n) is 12.4. The van der Waals surface area contributed by atoms with Crippen LogP contribution in [0.3, 0.4) is 0 Å². The average molecular weight is 685 g/mol. The number of hydrogen-bond acceptors (Lipinski definition) is 4. The van der Waals surface area contributed by atoms with E-state index in [0.29, 0.717) is 6.04 Å². The molecule has 2 aromatic heterocycles. The molecule has 9 heteroatoms. The quantitative estimate of drug-likeness (QED) is 0.0593. The average Bonchev–Trinajstić information content (AvgIpc) is 3.75. The lowest BCUT2D eigenvalue weighted by Gasteiger charge is -2.08. The Morgan fingerprint density at radius 2 is 1.49 bits per heavy atom. The van der Waals surface area contributed by atoms with E-state index < -0.39 is 10.1 Å². The van der Waals surface area contributed by atoms with Crippen molar-refractivity contribution in [1.82, 2.24) is 14.1 Å². The first-order valence-corrected chi connectivity index (χ1v) is 19.2. The van der Waals surface area contributed by atoms with Gasteiger partial charge >= 0.3 is 0 Å². The highest BCUT2D eigenvalue weighted by atomic mass is 35.5. The van der Waals surface area contributed by atoms with E-state index in [4.69, 9.17) is 11.6 Å². The van der Waals surface area contributed by atoms with Crippen molar-refractivity contribution in [1.29, 1.82) is 0 Å². The summed E-state index contributed by atoms with van der Waals surface area (Å²) in [5.74, 6) is 0. The molecule has 2 heterocycles. The summed E-state index contributed by atoms with van der Waals surface area (Å²) < 4.78 is 38.0. The molecule has 0 bridgehead atoms. The molecular weight excluding hydrogens is 628 g/mol.